The molecule has 1 aromatic carbocycles. The van der Waals surface area contributed by atoms with E-state index in [-0.39, 0.29) is 0 Å². The number of nitrogens with zero attached hydrogens (tertiary/aromatic N) is 1. The summed E-state index contributed by atoms with van der Waals surface area (Å²) in [6.07, 6.45) is 2.36. The fourth-order valence-corrected chi connectivity index (χ4v) is 3.39. The van der Waals surface area contributed by atoms with Crippen LogP contribution in [0.15, 0.2) is 22.7 Å². The third kappa shape index (κ3) is 3.96. The third-order valence-corrected chi connectivity index (χ3v) is 4.88. The molecule has 20 heavy (non-hydrogen) atoms. The SMILES string of the molecule is CNC(C)c1ccc(N(C)CC2CCOCC2)cc1Br. The van der Waals surface area contributed by atoms with Gasteiger partial charge in [-0.05, 0) is 50.4 Å². The van der Waals surface area contributed by atoms with Gasteiger partial charge in [-0.1, -0.05) is 22.0 Å². The second kappa shape index (κ2) is 7.43. The topological polar surface area (TPSA) is 24.5 Å². The predicted octanol–water partition coefficient (Wildman–Crippen LogP) is 3.59. The summed E-state index contributed by atoms with van der Waals surface area (Å²) >= 11 is 3.70. The van der Waals surface area contributed by atoms with Crippen LogP contribution in [0.5, 0.6) is 0 Å². The summed E-state index contributed by atoms with van der Waals surface area (Å²) in [5.74, 6) is 0.753. The van der Waals surface area contributed by atoms with E-state index in [0.717, 1.165) is 25.7 Å². The molecule has 0 bridgehead atoms. The van der Waals surface area contributed by atoms with Crippen LogP contribution in [0, 0.1) is 5.92 Å². The van der Waals surface area contributed by atoms with E-state index in [9.17, 15) is 0 Å². The maximum Gasteiger partial charge on any atom is 0.0469 e. The molecule has 2 rings (SSSR count). The smallest absolute Gasteiger partial charge is 0.0469 e. The molecule has 0 aromatic heterocycles. The lowest BCUT2D eigenvalue weighted by molar-refractivity contribution is 0.0685. The maximum atomic E-state index is 5.43. The molecule has 3 nitrogen and oxygen atoms in total. The minimum absolute atomic E-state index is 0.360. The van der Waals surface area contributed by atoms with Gasteiger partial charge in [-0.3, -0.25) is 0 Å². The Morgan fingerprint density at radius 3 is 2.70 bits per heavy atom. The van der Waals surface area contributed by atoms with Crippen molar-refractivity contribution in [1.29, 1.82) is 0 Å². The minimum Gasteiger partial charge on any atom is -0.381 e. The Bertz CT molecular complexity index is 432. The van der Waals surface area contributed by atoms with E-state index in [2.05, 4.69) is 58.3 Å². The third-order valence-electron chi connectivity index (χ3n) is 4.20. The van der Waals surface area contributed by atoms with Crippen molar-refractivity contribution in [1.82, 2.24) is 5.32 Å². The number of nitrogens with one attached hydrogen (secondary N) is 1. The first-order chi connectivity index (χ1) is 9.61. The molecule has 1 atom stereocenters. The molecule has 1 N–H and O–H groups in total. The van der Waals surface area contributed by atoms with Crippen LogP contribution < -0.4 is 10.2 Å². The zero-order chi connectivity index (χ0) is 14.5. The average Bonchev–Trinajstić information content (AvgIpc) is 2.47. The van der Waals surface area contributed by atoms with Crippen molar-refractivity contribution in [2.45, 2.75) is 25.8 Å². The zero-order valence-corrected chi connectivity index (χ0v) is 14.2. The van der Waals surface area contributed by atoms with Crippen LogP contribution >= 0.6 is 15.9 Å². The number of hydrogen-bond donors (Lipinski definition) is 1. The van der Waals surface area contributed by atoms with Crippen LogP contribution in [0.1, 0.15) is 31.4 Å². The van der Waals surface area contributed by atoms with Gasteiger partial charge in [0, 0.05) is 43.0 Å². The van der Waals surface area contributed by atoms with E-state index >= 15 is 0 Å². The zero-order valence-electron chi connectivity index (χ0n) is 12.7. The van der Waals surface area contributed by atoms with Crippen molar-refractivity contribution >= 4 is 21.6 Å². The summed E-state index contributed by atoms with van der Waals surface area (Å²) in [5, 5.41) is 3.28. The summed E-state index contributed by atoms with van der Waals surface area (Å²) in [7, 11) is 4.17. The molecule has 0 amide bonds. The van der Waals surface area contributed by atoms with Gasteiger partial charge < -0.3 is 15.0 Å². The highest BCUT2D eigenvalue weighted by atomic mass is 79.9. The van der Waals surface area contributed by atoms with Crippen LogP contribution in [0.25, 0.3) is 0 Å². The fourth-order valence-electron chi connectivity index (χ4n) is 2.68. The second-order valence-electron chi connectivity index (χ2n) is 5.65. The van der Waals surface area contributed by atoms with E-state index in [4.69, 9.17) is 4.74 Å². The molecule has 0 aliphatic carbocycles. The Labute approximate surface area is 130 Å². The minimum atomic E-state index is 0.360. The first kappa shape index (κ1) is 15.8. The molecule has 1 saturated heterocycles. The predicted molar refractivity (Wildman–Crippen MR) is 88.4 cm³/mol. The van der Waals surface area contributed by atoms with Gasteiger partial charge in [0.25, 0.3) is 0 Å². The van der Waals surface area contributed by atoms with Crippen molar-refractivity contribution in [3.05, 3.63) is 28.2 Å². The van der Waals surface area contributed by atoms with Crippen LogP contribution in [0.4, 0.5) is 5.69 Å². The molecule has 1 fully saturated rings. The Morgan fingerprint density at radius 1 is 1.40 bits per heavy atom. The standard InChI is InChI=1S/C16H25BrN2O/c1-12(18-2)15-5-4-14(10-16(15)17)19(3)11-13-6-8-20-9-7-13/h4-5,10,12-13,18H,6-9,11H2,1-3H3. The Kier molecular flexibility index (Phi) is 5.87. The number of ether oxygens (including phenoxy) is 1. The van der Waals surface area contributed by atoms with Crippen LogP contribution in [-0.2, 0) is 4.74 Å². The molecule has 1 aliphatic heterocycles. The largest absolute Gasteiger partial charge is 0.381 e. The highest BCUT2D eigenvalue weighted by Gasteiger charge is 2.17. The number of halogens is 1. The fraction of sp³-hybridized carbons (Fsp3) is 0.625. The van der Waals surface area contributed by atoms with Crippen molar-refractivity contribution in [3.63, 3.8) is 0 Å². The normalized spacial score (nSPS) is 18.0. The molecule has 1 heterocycles. The molecule has 1 aliphatic rings. The number of hydrogen-bond acceptors (Lipinski definition) is 3. The number of benzene rings is 1. The summed E-state index contributed by atoms with van der Waals surface area (Å²) < 4.78 is 6.60. The second-order valence-corrected chi connectivity index (χ2v) is 6.51. The van der Waals surface area contributed by atoms with Crippen LogP contribution in [0.3, 0.4) is 0 Å². The molecular weight excluding hydrogens is 316 g/mol. The summed E-state index contributed by atoms with van der Waals surface area (Å²) in [6.45, 7) is 5.11. The lowest BCUT2D eigenvalue weighted by Gasteiger charge is -2.29. The molecule has 4 heteroatoms. The van der Waals surface area contributed by atoms with E-state index in [0.29, 0.717) is 6.04 Å². The van der Waals surface area contributed by atoms with Gasteiger partial charge in [-0.2, -0.15) is 0 Å². The number of rotatable bonds is 5. The molecule has 0 radical (unpaired) electrons. The van der Waals surface area contributed by atoms with Gasteiger partial charge in [0.15, 0.2) is 0 Å². The highest BCUT2D eigenvalue weighted by molar-refractivity contribution is 9.10. The lowest BCUT2D eigenvalue weighted by Crippen LogP contribution is -2.29. The Balaban J connectivity index is 2.02. The summed E-state index contributed by atoms with van der Waals surface area (Å²) in [4.78, 5) is 2.36. The van der Waals surface area contributed by atoms with Gasteiger partial charge >= 0.3 is 0 Å². The quantitative estimate of drug-likeness (QED) is 0.886. The first-order valence-electron chi connectivity index (χ1n) is 7.37. The molecule has 1 aromatic rings. The van der Waals surface area contributed by atoms with E-state index in [1.165, 1.54) is 28.6 Å². The molecule has 0 saturated carbocycles. The molecular formula is C16H25BrN2O. The van der Waals surface area contributed by atoms with E-state index < -0.39 is 0 Å². The maximum absolute atomic E-state index is 5.43. The Hall–Kier alpha value is -0.580. The van der Waals surface area contributed by atoms with Crippen LogP contribution in [0.2, 0.25) is 0 Å². The molecule has 0 spiro atoms. The van der Waals surface area contributed by atoms with Gasteiger partial charge in [-0.15, -0.1) is 0 Å². The van der Waals surface area contributed by atoms with Crippen LogP contribution in [-0.4, -0.2) is 33.9 Å². The van der Waals surface area contributed by atoms with Gasteiger partial charge in [0.2, 0.25) is 0 Å². The molecule has 112 valence electrons. The number of anilines is 1. The Morgan fingerprint density at radius 2 is 2.10 bits per heavy atom. The average molecular weight is 341 g/mol. The van der Waals surface area contributed by atoms with Crippen molar-refractivity contribution in [2.24, 2.45) is 5.92 Å². The van der Waals surface area contributed by atoms with Gasteiger partial charge in [0.05, 0.1) is 0 Å². The lowest BCUT2D eigenvalue weighted by atomic mass is 9.99. The van der Waals surface area contributed by atoms with Crippen molar-refractivity contribution in [2.75, 3.05) is 38.8 Å². The van der Waals surface area contributed by atoms with E-state index in [1.807, 2.05) is 7.05 Å². The first-order valence-corrected chi connectivity index (χ1v) is 8.16. The van der Waals surface area contributed by atoms with Crippen molar-refractivity contribution in [3.8, 4) is 0 Å². The highest BCUT2D eigenvalue weighted by Crippen LogP contribution is 2.28. The summed E-state index contributed by atoms with van der Waals surface area (Å²) in [6, 6.07) is 7.01. The van der Waals surface area contributed by atoms with E-state index in [1.54, 1.807) is 0 Å². The summed E-state index contributed by atoms with van der Waals surface area (Å²) in [5.41, 5.74) is 2.58. The van der Waals surface area contributed by atoms with Gasteiger partial charge in [0.1, 0.15) is 0 Å². The molecule has 1 unspecified atom stereocenters. The van der Waals surface area contributed by atoms with Crippen molar-refractivity contribution < 1.29 is 4.74 Å². The van der Waals surface area contributed by atoms with Gasteiger partial charge in [-0.25, -0.2) is 0 Å². The monoisotopic (exact) mass is 340 g/mol.